The first-order chi connectivity index (χ1) is 9.58. The molecule has 0 radical (unpaired) electrons. The summed E-state index contributed by atoms with van der Waals surface area (Å²) in [5, 5.41) is 9.89. The molecule has 1 aliphatic carbocycles. The Morgan fingerprint density at radius 3 is 2.60 bits per heavy atom. The molecule has 7 heteroatoms. The summed E-state index contributed by atoms with van der Waals surface area (Å²) in [5.74, 6) is 1.11. The molecule has 2 heterocycles. The van der Waals surface area contributed by atoms with E-state index in [-0.39, 0.29) is 11.4 Å². The Balaban J connectivity index is 1.76. The first kappa shape index (κ1) is 14.4. The van der Waals surface area contributed by atoms with E-state index < -0.39 is 12.0 Å². The van der Waals surface area contributed by atoms with Crippen LogP contribution in [0.3, 0.4) is 0 Å². The number of hydrogen-bond donors (Lipinski definition) is 1. The highest BCUT2D eigenvalue weighted by atomic mass is 32.2. The van der Waals surface area contributed by atoms with Crippen LogP contribution in [0.15, 0.2) is 0 Å². The van der Waals surface area contributed by atoms with Gasteiger partial charge in [0.15, 0.2) is 0 Å². The van der Waals surface area contributed by atoms with Gasteiger partial charge in [-0.05, 0) is 18.8 Å². The molecule has 3 atom stereocenters. The van der Waals surface area contributed by atoms with Crippen LogP contribution in [-0.2, 0) is 4.79 Å². The average Bonchev–Trinajstić information content (AvgIpc) is 3.16. The van der Waals surface area contributed by atoms with Crippen LogP contribution in [0, 0.1) is 5.92 Å². The SMILES string of the molecule is CC1CN(C(=O)N2C(C(=O)O)CSC2C2CC2)CCS1. The molecule has 1 N–H and O–H groups in total. The van der Waals surface area contributed by atoms with Crippen molar-refractivity contribution in [3.05, 3.63) is 0 Å². The summed E-state index contributed by atoms with van der Waals surface area (Å²) in [5.41, 5.74) is 0. The van der Waals surface area contributed by atoms with E-state index in [9.17, 15) is 14.7 Å². The molecule has 0 bridgehead atoms. The van der Waals surface area contributed by atoms with Gasteiger partial charge in [-0.1, -0.05) is 6.92 Å². The molecule has 0 aromatic rings. The zero-order valence-electron chi connectivity index (χ0n) is 11.5. The Hall–Kier alpha value is -0.560. The maximum Gasteiger partial charge on any atom is 0.327 e. The van der Waals surface area contributed by atoms with Gasteiger partial charge >= 0.3 is 12.0 Å². The summed E-state index contributed by atoms with van der Waals surface area (Å²) in [6.07, 6.45) is 2.25. The van der Waals surface area contributed by atoms with Gasteiger partial charge in [-0.2, -0.15) is 11.8 Å². The minimum atomic E-state index is -0.867. The Labute approximate surface area is 127 Å². The van der Waals surface area contributed by atoms with Gasteiger partial charge in [0, 0.05) is 29.8 Å². The molecule has 0 spiro atoms. The van der Waals surface area contributed by atoms with E-state index in [1.54, 1.807) is 16.7 Å². The summed E-state index contributed by atoms with van der Waals surface area (Å²) in [6, 6.07) is -0.713. The van der Waals surface area contributed by atoms with Crippen molar-refractivity contribution in [2.45, 2.75) is 36.4 Å². The molecule has 3 fully saturated rings. The van der Waals surface area contributed by atoms with Crippen LogP contribution in [-0.4, -0.2) is 68.2 Å². The number of carboxylic acid groups (broad SMARTS) is 1. The summed E-state index contributed by atoms with van der Waals surface area (Å²) in [6.45, 7) is 3.59. The van der Waals surface area contributed by atoms with Gasteiger partial charge in [-0.3, -0.25) is 4.90 Å². The second-order valence-corrected chi connectivity index (χ2v) is 8.43. The van der Waals surface area contributed by atoms with E-state index in [1.807, 2.05) is 16.7 Å². The van der Waals surface area contributed by atoms with E-state index in [0.717, 1.165) is 31.7 Å². The van der Waals surface area contributed by atoms with Crippen molar-refractivity contribution >= 4 is 35.5 Å². The lowest BCUT2D eigenvalue weighted by atomic mass is 10.2. The minimum absolute atomic E-state index is 0.0635. The third-order valence-corrected chi connectivity index (χ3v) is 6.68. The molecule has 20 heavy (non-hydrogen) atoms. The fourth-order valence-corrected chi connectivity index (χ4v) is 5.50. The van der Waals surface area contributed by atoms with E-state index in [4.69, 9.17) is 0 Å². The van der Waals surface area contributed by atoms with Crippen molar-refractivity contribution in [3.63, 3.8) is 0 Å². The lowest BCUT2D eigenvalue weighted by Crippen LogP contribution is -2.54. The number of carboxylic acids is 1. The Morgan fingerprint density at radius 2 is 2.00 bits per heavy atom. The summed E-state index contributed by atoms with van der Waals surface area (Å²) in [7, 11) is 0. The number of nitrogens with zero attached hydrogens (tertiary/aromatic N) is 2. The van der Waals surface area contributed by atoms with Crippen molar-refractivity contribution in [2.24, 2.45) is 5.92 Å². The third-order valence-electron chi connectivity index (χ3n) is 4.08. The molecular weight excluding hydrogens is 296 g/mol. The average molecular weight is 316 g/mol. The number of thioether (sulfide) groups is 2. The van der Waals surface area contributed by atoms with E-state index in [1.165, 1.54) is 0 Å². The van der Waals surface area contributed by atoms with Crippen LogP contribution >= 0.6 is 23.5 Å². The lowest BCUT2D eigenvalue weighted by molar-refractivity contribution is -0.141. The molecule has 2 saturated heterocycles. The smallest absolute Gasteiger partial charge is 0.327 e. The van der Waals surface area contributed by atoms with Crippen molar-refractivity contribution in [1.82, 2.24) is 9.80 Å². The summed E-state index contributed by atoms with van der Waals surface area (Å²) in [4.78, 5) is 27.7. The van der Waals surface area contributed by atoms with Crippen LogP contribution in [0.2, 0.25) is 0 Å². The highest BCUT2D eigenvalue weighted by Crippen LogP contribution is 2.45. The van der Waals surface area contributed by atoms with Gasteiger partial charge in [0.1, 0.15) is 6.04 Å². The molecular formula is C13H20N2O3S2. The van der Waals surface area contributed by atoms with Crippen LogP contribution in [0.1, 0.15) is 19.8 Å². The highest BCUT2D eigenvalue weighted by Gasteiger charge is 2.49. The Bertz CT molecular complexity index is 416. The van der Waals surface area contributed by atoms with Crippen LogP contribution in [0.4, 0.5) is 4.79 Å². The third kappa shape index (κ3) is 2.74. The number of hydrogen-bond acceptors (Lipinski definition) is 4. The standard InChI is InChI=1S/C13H20N2O3S2/c1-8-6-14(4-5-19-8)13(18)15-10(12(16)17)7-20-11(15)9-2-3-9/h8-11H,2-7H2,1H3,(H,16,17). The molecule has 3 unspecified atom stereocenters. The van der Waals surface area contributed by atoms with Crippen molar-refractivity contribution in [2.75, 3.05) is 24.6 Å². The van der Waals surface area contributed by atoms with Gasteiger partial charge in [0.05, 0.1) is 5.37 Å². The fourth-order valence-electron chi connectivity index (χ4n) is 2.86. The lowest BCUT2D eigenvalue weighted by Gasteiger charge is -2.37. The molecule has 2 amide bonds. The van der Waals surface area contributed by atoms with E-state index in [0.29, 0.717) is 16.9 Å². The molecule has 2 aliphatic heterocycles. The summed E-state index contributed by atoms with van der Waals surface area (Å²) >= 11 is 3.52. The number of aliphatic carboxylic acids is 1. The zero-order chi connectivity index (χ0) is 14.3. The topological polar surface area (TPSA) is 60.9 Å². The maximum atomic E-state index is 12.8. The number of amides is 2. The second kappa shape index (κ2) is 5.67. The molecule has 5 nitrogen and oxygen atoms in total. The molecule has 112 valence electrons. The predicted octanol–water partition coefficient (Wildman–Crippen LogP) is 1.78. The van der Waals surface area contributed by atoms with Crippen molar-refractivity contribution < 1.29 is 14.7 Å². The fraction of sp³-hybridized carbons (Fsp3) is 0.846. The Morgan fingerprint density at radius 1 is 1.25 bits per heavy atom. The highest BCUT2D eigenvalue weighted by molar-refractivity contribution is 8.00. The number of rotatable bonds is 2. The first-order valence-corrected chi connectivity index (χ1v) is 9.21. The van der Waals surface area contributed by atoms with Gasteiger partial charge in [-0.15, -0.1) is 11.8 Å². The Kier molecular flexibility index (Phi) is 4.08. The molecule has 3 aliphatic rings. The van der Waals surface area contributed by atoms with E-state index in [2.05, 4.69) is 6.92 Å². The van der Waals surface area contributed by atoms with E-state index >= 15 is 0 Å². The quantitative estimate of drug-likeness (QED) is 0.841. The monoisotopic (exact) mass is 316 g/mol. The number of urea groups is 1. The van der Waals surface area contributed by atoms with Crippen LogP contribution in [0.25, 0.3) is 0 Å². The minimum Gasteiger partial charge on any atom is -0.480 e. The van der Waals surface area contributed by atoms with Gasteiger partial charge in [0.25, 0.3) is 0 Å². The molecule has 0 aromatic carbocycles. The second-order valence-electron chi connectivity index (χ2n) is 5.73. The maximum absolute atomic E-state index is 12.8. The first-order valence-electron chi connectivity index (χ1n) is 7.11. The van der Waals surface area contributed by atoms with Crippen LogP contribution in [0.5, 0.6) is 0 Å². The normalized spacial score (nSPS) is 34.4. The number of carbonyl (C=O) groups is 2. The summed E-state index contributed by atoms with van der Waals surface area (Å²) < 4.78 is 0. The van der Waals surface area contributed by atoms with Crippen molar-refractivity contribution in [3.8, 4) is 0 Å². The largest absolute Gasteiger partial charge is 0.480 e. The zero-order valence-corrected chi connectivity index (χ0v) is 13.2. The van der Waals surface area contributed by atoms with Crippen LogP contribution < -0.4 is 0 Å². The molecule has 1 saturated carbocycles. The van der Waals surface area contributed by atoms with Crippen molar-refractivity contribution in [1.29, 1.82) is 0 Å². The predicted molar refractivity (Wildman–Crippen MR) is 81.1 cm³/mol. The van der Waals surface area contributed by atoms with Gasteiger partial charge < -0.3 is 10.0 Å². The molecule has 3 rings (SSSR count). The molecule has 0 aromatic heterocycles. The van der Waals surface area contributed by atoms with Gasteiger partial charge in [-0.25, -0.2) is 9.59 Å². The number of carbonyl (C=O) groups excluding carboxylic acids is 1. The van der Waals surface area contributed by atoms with Gasteiger partial charge in [0.2, 0.25) is 0 Å².